The summed E-state index contributed by atoms with van der Waals surface area (Å²) in [7, 11) is 1.75. The van der Waals surface area contributed by atoms with Gasteiger partial charge >= 0.3 is 0 Å². The Bertz CT molecular complexity index is 552. The first kappa shape index (κ1) is 14.2. The molecule has 1 amide bonds. The molecule has 0 aliphatic rings. The van der Waals surface area contributed by atoms with Crippen molar-refractivity contribution in [3.8, 4) is 0 Å². The third-order valence-electron chi connectivity index (χ3n) is 2.99. The van der Waals surface area contributed by atoms with Crippen LogP contribution in [0.15, 0.2) is 24.4 Å². The van der Waals surface area contributed by atoms with Crippen LogP contribution in [0.5, 0.6) is 0 Å². The third-order valence-corrected chi connectivity index (χ3v) is 2.99. The predicted octanol–water partition coefficient (Wildman–Crippen LogP) is 1.47. The Kier molecular flexibility index (Phi) is 4.81. The maximum absolute atomic E-state index is 12.1. The molecular weight excluding hydrogens is 254 g/mol. The van der Waals surface area contributed by atoms with Gasteiger partial charge in [0.15, 0.2) is 0 Å². The van der Waals surface area contributed by atoms with Gasteiger partial charge in [0.2, 0.25) is 5.82 Å². The summed E-state index contributed by atoms with van der Waals surface area (Å²) < 4.78 is 0. The summed E-state index contributed by atoms with van der Waals surface area (Å²) in [6.45, 7) is 2.65. The molecule has 0 aromatic carbocycles. The van der Waals surface area contributed by atoms with E-state index in [1.54, 1.807) is 18.1 Å². The predicted molar refractivity (Wildman–Crippen MR) is 75.3 cm³/mol. The number of rotatable bonds is 6. The first-order valence-corrected chi connectivity index (χ1v) is 6.77. The van der Waals surface area contributed by atoms with E-state index in [4.69, 9.17) is 0 Å². The van der Waals surface area contributed by atoms with Crippen LogP contribution in [-0.4, -0.2) is 44.6 Å². The van der Waals surface area contributed by atoms with Gasteiger partial charge in [-0.05, 0) is 18.6 Å². The van der Waals surface area contributed by atoms with E-state index in [1.807, 2.05) is 18.2 Å². The molecule has 2 heterocycles. The van der Waals surface area contributed by atoms with Crippen LogP contribution in [0.4, 0.5) is 0 Å². The number of aromatic amines is 1. The van der Waals surface area contributed by atoms with E-state index in [-0.39, 0.29) is 11.7 Å². The fraction of sp³-hybridized carbons (Fsp3) is 0.429. The number of amides is 1. The molecule has 6 nitrogen and oxygen atoms in total. The van der Waals surface area contributed by atoms with Crippen LogP contribution in [0.25, 0.3) is 0 Å². The van der Waals surface area contributed by atoms with Crippen molar-refractivity contribution in [1.82, 2.24) is 25.1 Å². The zero-order chi connectivity index (χ0) is 14.4. The van der Waals surface area contributed by atoms with E-state index in [1.165, 1.54) is 0 Å². The van der Waals surface area contributed by atoms with Gasteiger partial charge in [-0.3, -0.25) is 14.9 Å². The number of aryl methyl sites for hydroxylation is 1. The summed E-state index contributed by atoms with van der Waals surface area (Å²) in [6.07, 6.45) is 4.25. The molecule has 0 saturated carbocycles. The maximum Gasteiger partial charge on any atom is 0.293 e. The minimum Gasteiger partial charge on any atom is -0.339 e. The summed E-state index contributed by atoms with van der Waals surface area (Å²) in [5.41, 5.74) is 0.966. The zero-order valence-electron chi connectivity index (χ0n) is 11.8. The highest BCUT2D eigenvalue weighted by Crippen LogP contribution is 2.02. The van der Waals surface area contributed by atoms with Gasteiger partial charge in [-0.1, -0.05) is 13.0 Å². The van der Waals surface area contributed by atoms with E-state index in [9.17, 15) is 4.79 Å². The van der Waals surface area contributed by atoms with Gasteiger partial charge in [0.1, 0.15) is 5.82 Å². The zero-order valence-corrected chi connectivity index (χ0v) is 11.8. The van der Waals surface area contributed by atoms with Crippen molar-refractivity contribution < 1.29 is 4.79 Å². The SMILES string of the molecule is CCCc1nc(C(=O)N(C)CCc2ccccn2)n[nH]1. The highest BCUT2D eigenvalue weighted by molar-refractivity contribution is 5.90. The largest absolute Gasteiger partial charge is 0.339 e. The lowest BCUT2D eigenvalue weighted by Gasteiger charge is -2.14. The number of hydrogen-bond acceptors (Lipinski definition) is 4. The molecule has 20 heavy (non-hydrogen) atoms. The van der Waals surface area contributed by atoms with Crippen molar-refractivity contribution in [3.05, 3.63) is 41.7 Å². The van der Waals surface area contributed by atoms with Crippen molar-refractivity contribution in [1.29, 1.82) is 0 Å². The van der Waals surface area contributed by atoms with Crippen LogP contribution in [0, 0.1) is 0 Å². The molecule has 2 aromatic rings. The smallest absolute Gasteiger partial charge is 0.293 e. The number of nitrogens with zero attached hydrogens (tertiary/aromatic N) is 4. The van der Waals surface area contributed by atoms with Gasteiger partial charge in [-0.15, -0.1) is 5.10 Å². The topological polar surface area (TPSA) is 74.8 Å². The van der Waals surface area contributed by atoms with Gasteiger partial charge < -0.3 is 4.90 Å². The molecule has 0 aliphatic carbocycles. The molecule has 0 radical (unpaired) electrons. The van der Waals surface area contributed by atoms with Crippen molar-refractivity contribution in [2.75, 3.05) is 13.6 Å². The Labute approximate surface area is 118 Å². The second kappa shape index (κ2) is 6.79. The second-order valence-corrected chi connectivity index (χ2v) is 4.65. The lowest BCUT2D eigenvalue weighted by atomic mass is 10.2. The second-order valence-electron chi connectivity index (χ2n) is 4.65. The number of aromatic nitrogens is 4. The maximum atomic E-state index is 12.1. The molecular formula is C14H19N5O. The number of carbonyl (C=O) groups excluding carboxylic acids is 1. The van der Waals surface area contributed by atoms with Gasteiger partial charge in [-0.2, -0.15) is 0 Å². The molecule has 0 atom stereocenters. The standard InChI is InChI=1S/C14H19N5O/c1-3-6-12-16-13(18-17-12)14(20)19(2)10-8-11-7-4-5-9-15-11/h4-5,7,9H,3,6,8,10H2,1-2H3,(H,16,17,18). The third kappa shape index (κ3) is 3.63. The molecule has 106 valence electrons. The normalized spacial score (nSPS) is 10.5. The van der Waals surface area contributed by atoms with Gasteiger partial charge in [0.25, 0.3) is 5.91 Å². The molecule has 0 aliphatic heterocycles. The Morgan fingerprint density at radius 2 is 2.20 bits per heavy atom. The van der Waals surface area contributed by atoms with Crippen molar-refractivity contribution in [3.63, 3.8) is 0 Å². The van der Waals surface area contributed by atoms with E-state index in [0.717, 1.165) is 30.8 Å². The van der Waals surface area contributed by atoms with Gasteiger partial charge in [0.05, 0.1) is 0 Å². The van der Waals surface area contributed by atoms with Crippen molar-refractivity contribution in [2.24, 2.45) is 0 Å². The van der Waals surface area contributed by atoms with Gasteiger partial charge in [0, 0.05) is 38.3 Å². The Morgan fingerprint density at radius 1 is 1.35 bits per heavy atom. The summed E-state index contributed by atoms with van der Waals surface area (Å²) in [5, 5.41) is 6.76. The highest BCUT2D eigenvalue weighted by Gasteiger charge is 2.16. The first-order valence-electron chi connectivity index (χ1n) is 6.77. The molecule has 0 bridgehead atoms. The van der Waals surface area contributed by atoms with E-state index < -0.39 is 0 Å². The average Bonchev–Trinajstić information content (AvgIpc) is 2.94. The van der Waals surface area contributed by atoms with Crippen LogP contribution in [0.3, 0.4) is 0 Å². The molecule has 2 aromatic heterocycles. The Hall–Kier alpha value is -2.24. The molecule has 0 spiro atoms. The lowest BCUT2D eigenvalue weighted by molar-refractivity contribution is 0.0784. The fourth-order valence-corrected chi connectivity index (χ4v) is 1.84. The summed E-state index contributed by atoms with van der Waals surface area (Å²) in [4.78, 5) is 22.2. The Morgan fingerprint density at radius 3 is 2.90 bits per heavy atom. The van der Waals surface area contributed by atoms with Crippen molar-refractivity contribution in [2.45, 2.75) is 26.2 Å². The average molecular weight is 273 g/mol. The molecule has 6 heteroatoms. The minimum atomic E-state index is -0.167. The van der Waals surface area contributed by atoms with E-state index in [0.29, 0.717) is 6.54 Å². The molecule has 0 saturated heterocycles. The highest BCUT2D eigenvalue weighted by atomic mass is 16.2. The molecule has 1 N–H and O–H groups in total. The number of nitrogens with one attached hydrogen (secondary N) is 1. The summed E-state index contributed by atoms with van der Waals surface area (Å²) >= 11 is 0. The van der Waals surface area contributed by atoms with Crippen LogP contribution >= 0.6 is 0 Å². The molecule has 0 unspecified atom stereocenters. The molecule has 0 fully saturated rings. The van der Waals surface area contributed by atoms with Crippen LogP contribution in [0.2, 0.25) is 0 Å². The van der Waals surface area contributed by atoms with Crippen LogP contribution in [-0.2, 0) is 12.8 Å². The van der Waals surface area contributed by atoms with E-state index in [2.05, 4.69) is 27.1 Å². The minimum absolute atomic E-state index is 0.167. The number of likely N-dealkylation sites (N-methyl/N-ethyl adjacent to an activating group) is 1. The molecule has 2 rings (SSSR count). The monoisotopic (exact) mass is 273 g/mol. The quantitative estimate of drug-likeness (QED) is 0.864. The van der Waals surface area contributed by atoms with Crippen LogP contribution in [0.1, 0.15) is 35.5 Å². The van der Waals surface area contributed by atoms with E-state index >= 15 is 0 Å². The van der Waals surface area contributed by atoms with Crippen molar-refractivity contribution >= 4 is 5.91 Å². The summed E-state index contributed by atoms with van der Waals surface area (Å²) in [5.74, 6) is 0.825. The number of carbonyl (C=O) groups is 1. The van der Waals surface area contributed by atoms with Crippen LogP contribution < -0.4 is 0 Å². The number of hydrogen-bond donors (Lipinski definition) is 1. The number of pyridine rings is 1. The van der Waals surface area contributed by atoms with Gasteiger partial charge in [-0.25, -0.2) is 4.98 Å². The fourth-order valence-electron chi connectivity index (χ4n) is 1.84. The Balaban J connectivity index is 1.91. The number of H-pyrrole nitrogens is 1. The first-order chi connectivity index (χ1) is 9.70. The summed E-state index contributed by atoms with van der Waals surface area (Å²) in [6, 6.07) is 5.77. The lowest BCUT2D eigenvalue weighted by Crippen LogP contribution is -2.29.